The van der Waals surface area contributed by atoms with E-state index >= 15 is 0 Å². The molecule has 1 aromatic rings. The first kappa shape index (κ1) is 11.9. The van der Waals surface area contributed by atoms with Crippen LogP contribution in [-0.4, -0.2) is 54.1 Å². The van der Waals surface area contributed by atoms with Gasteiger partial charge in [-0.25, -0.2) is 9.97 Å². The number of nitrogens with two attached hydrogens (primary N) is 1. The molecule has 1 aliphatic carbocycles. The lowest BCUT2D eigenvalue weighted by molar-refractivity contribution is 0.264. The Bertz CT molecular complexity index is 412. The van der Waals surface area contributed by atoms with Gasteiger partial charge in [0, 0.05) is 50.5 Å². The van der Waals surface area contributed by atoms with Crippen molar-refractivity contribution in [3.8, 4) is 0 Å². The molecule has 98 valence electrons. The molecule has 18 heavy (non-hydrogen) atoms. The molecule has 1 fully saturated rings. The molecule has 3 rings (SSSR count). The van der Waals surface area contributed by atoms with E-state index in [2.05, 4.69) is 19.8 Å². The second kappa shape index (κ2) is 5.20. The Morgan fingerprint density at radius 1 is 1.11 bits per heavy atom. The van der Waals surface area contributed by atoms with E-state index in [1.54, 1.807) is 6.33 Å². The number of hydrogen-bond donors (Lipinski definition) is 1. The molecule has 2 N–H and O–H groups in total. The Balaban J connectivity index is 1.71. The number of anilines is 1. The summed E-state index contributed by atoms with van der Waals surface area (Å²) in [5.41, 5.74) is 8.26. The minimum Gasteiger partial charge on any atom is -0.354 e. The fraction of sp³-hybridized carbons (Fsp3) is 0.692. The highest BCUT2D eigenvalue weighted by Crippen LogP contribution is 2.28. The molecule has 5 nitrogen and oxygen atoms in total. The van der Waals surface area contributed by atoms with E-state index in [-0.39, 0.29) is 0 Å². The normalized spacial score (nSPS) is 20.2. The van der Waals surface area contributed by atoms with E-state index in [1.807, 2.05) is 0 Å². The molecule has 2 heterocycles. The topological polar surface area (TPSA) is 58.3 Å². The van der Waals surface area contributed by atoms with Crippen LogP contribution < -0.4 is 10.6 Å². The van der Waals surface area contributed by atoms with Gasteiger partial charge in [0.05, 0.1) is 0 Å². The van der Waals surface area contributed by atoms with Gasteiger partial charge in [-0.3, -0.25) is 4.90 Å². The minimum absolute atomic E-state index is 0.753. The van der Waals surface area contributed by atoms with Gasteiger partial charge in [0.15, 0.2) is 0 Å². The number of rotatable bonds is 3. The highest BCUT2D eigenvalue weighted by molar-refractivity contribution is 5.50. The standard InChI is InChI=1S/C13H21N5/c14-4-5-17-6-8-18(9-7-17)13-11-2-1-3-12(11)15-10-16-13/h10H,1-9,14H2. The molecule has 0 saturated carbocycles. The summed E-state index contributed by atoms with van der Waals surface area (Å²) < 4.78 is 0. The Hall–Kier alpha value is -1.20. The summed E-state index contributed by atoms with van der Waals surface area (Å²) in [7, 11) is 0. The molecule has 2 aliphatic rings. The van der Waals surface area contributed by atoms with Crippen molar-refractivity contribution in [3.05, 3.63) is 17.6 Å². The van der Waals surface area contributed by atoms with Crippen LogP contribution >= 0.6 is 0 Å². The first-order chi connectivity index (χ1) is 8.88. The molecule has 0 spiro atoms. The molecule has 0 aromatic carbocycles. The van der Waals surface area contributed by atoms with Crippen LogP contribution in [0.2, 0.25) is 0 Å². The number of piperazine rings is 1. The van der Waals surface area contributed by atoms with Gasteiger partial charge in [-0.1, -0.05) is 0 Å². The summed E-state index contributed by atoms with van der Waals surface area (Å²) in [4.78, 5) is 13.8. The van der Waals surface area contributed by atoms with E-state index < -0.39 is 0 Å². The first-order valence-corrected chi connectivity index (χ1v) is 6.88. The largest absolute Gasteiger partial charge is 0.354 e. The number of aromatic nitrogens is 2. The van der Waals surface area contributed by atoms with Crippen molar-refractivity contribution in [1.82, 2.24) is 14.9 Å². The van der Waals surface area contributed by atoms with E-state index in [4.69, 9.17) is 5.73 Å². The van der Waals surface area contributed by atoms with Crippen molar-refractivity contribution in [1.29, 1.82) is 0 Å². The summed E-state index contributed by atoms with van der Waals surface area (Å²) >= 11 is 0. The van der Waals surface area contributed by atoms with Gasteiger partial charge in [-0.15, -0.1) is 0 Å². The third kappa shape index (κ3) is 2.20. The number of nitrogens with zero attached hydrogens (tertiary/aromatic N) is 4. The Kier molecular flexibility index (Phi) is 3.43. The summed E-state index contributed by atoms with van der Waals surface area (Å²) in [5.74, 6) is 1.19. The van der Waals surface area contributed by atoms with Gasteiger partial charge in [0.2, 0.25) is 0 Å². The zero-order valence-electron chi connectivity index (χ0n) is 10.8. The first-order valence-electron chi connectivity index (χ1n) is 6.88. The maximum absolute atomic E-state index is 5.60. The molecule has 5 heteroatoms. The quantitative estimate of drug-likeness (QED) is 0.817. The van der Waals surface area contributed by atoms with E-state index in [9.17, 15) is 0 Å². The molecule has 1 saturated heterocycles. The van der Waals surface area contributed by atoms with Crippen LogP contribution in [0.25, 0.3) is 0 Å². The van der Waals surface area contributed by atoms with Crippen molar-refractivity contribution in [2.24, 2.45) is 5.73 Å². The van der Waals surface area contributed by atoms with Gasteiger partial charge >= 0.3 is 0 Å². The predicted molar refractivity (Wildman–Crippen MR) is 71.8 cm³/mol. The third-order valence-corrected chi connectivity index (χ3v) is 3.97. The fourth-order valence-electron chi connectivity index (χ4n) is 2.98. The highest BCUT2D eigenvalue weighted by atomic mass is 15.3. The molecular formula is C13H21N5. The summed E-state index contributed by atoms with van der Waals surface area (Å²) in [6.07, 6.45) is 5.23. The van der Waals surface area contributed by atoms with Crippen LogP contribution in [0.4, 0.5) is 5.82 Å². The number of aryl methyl sites for hydroxylation is 1. The molecule has 0 bridgehead atoms. The zero-order valence-corrected chi connectivity index (χ0v) is 10.8. The van der Waals surface area contributed by atoms with Gasteiger partial charge in [-0.05, 0) is 19.3 Å². The van der Waals surface area contributed by atoms with E-state index in [0.717, 1.165) is 52.1 Å². The van der Waals surface area contributed by atoms with Crippen LogP contribution in [0.5, 0.6) is 0 Å². The second-order valence-electron chi connectivity index (χ2n) is 5.09. The summed E-state index contributed by atoms with van der Waals surface area (Å²) in [6.45, 7) is 6.07. The van der Waals surface area contributed by atoms with Crippen molar-refractivity contribution >= 4 is 5.82 Å². The van der Waals surface area contributed by atoms with Crippen molar-refractivity contribution in [3.63, 3.8) is 0 Å². The van der Waals surface area contributed by atoms with Crippen molar-refractivity contribution in [2.45, 2.75) is 19.3 Å². The predicted octanol–water partition coefficient (Wildman–Crippen LogP) is 0.0460. The number of hydrogen-bond acceptors (Lipinski definition) is 5. The smallest absolute Gasteiger partial charge is 0.135 e. The number of fused-ring (bicyclic) bond motifs is 1. The summed E-state index contributed by atoms with van der Waals surface area (Å²) in [5, 5.41) is 0. The monoisotopic (exact) mass is 247 g/mol. The molecule has 0 unspecified atom stereocenters. The average molecular weight is 247 g/mol. The SMILES string of the molecule is NCCN1CCN(c2ncnc3c2CCC3)CC1. The van der Waals surface area contributed by atoms with Crippen LogP contribution in [0.15, 0.2) is 6.33 Å². The lowest BCUT2D eigenvalue weighted by Gasteiger charge is -2.35. The van der Waals surface area contributed by atoms with E-state index in [1.165, 1.54) is 23.5 Å². The second-order valence-corrected chi connectivity index (χ2v) is 5.09. The van der Waals surface area contributed by atoms with Crippen molar-refractivity contribution < 1.29 is 0 Å². The zero-order chi connectivity index (χ0) is 12.4. The summed E-state index contributed by atoms with van der Waals surface area (Å²) in [6, 6.07) is 0. The minimum atomic E-state index is 0.753. The highest BCUT2D eigenvalue weighted by Gasteiger charge is 2.23. The fourth-order valence-corrected chi connectivity index (χ4v) is 2.98. The molecule has 1 aliphatic heterocycles. The molecule has 0 atom stereocenters. The van der Waals surface area contributed by atoms with Gasteiger partial charge in [0.25, 0.3) is 0 Å². The average Bonchev–Trinajstić information content (AvgIpc) is 2.88. The Labute approximate surface area is 108 Å². The van der Waals surface area contributed by atoms with Crippen molar-refractivity contribution in [2.75, 3.05) is 44.2 Å². The molecule has 0 radical (unpaired) electrons. The lowest BCUT2D eigenvalue weighted by atomic mass is 10.2. The maximum atomic E-state index is 5.60. The molecule has 0 amide bonds. The maximum Gasteiger partial charge on any atom is 0.135 e. The van der Waals surface area contributed by atoms with Crippen LogP contribution in [0.1, 0.15) is 17.7 Å². The van der Waals surface area contributed by atoms with E-state index in [0.29, 0.717) is 0 Å². The van der Waals surface area contributed by atoms with Gasteiger partial charge in [0.1, 0.15) is 12.1 Å². The Morgan fingerprint density at radius 3 is 2.72 bits per heavy atom. The van der Waals surface area contributed by atoms with Gasteiger partial charge in [-0.2, -0.15) is 0 Å². The lowest BCUT2D eigenvalue weighted by Crippen LogP contribution is -2.48. The third-order valence-electron chi connectivity index (χ3n) is 3.97. The van der Waals surface area contributed by atoms with Crippen LogP contribution in [0.3, 0.4) is 0 Å². The molecule has 1 aromatic heterocycles. The Morgan fingerprint density at radius 2 is 1.94 bits per heavy atom. The van der Waals surface area contributed by atoms with Crippen LogP contribution in [0, 0.1) is 0 Å². The van der Waals surface area contributed by atoms with Gasteiger partial charge < -0.3 is 10.6 Å². The molecular weight excluding hydrogens is 226 g/mol. The van der Waals surface area contributed by atoms with Crippen LogP contribution in [-0.2, 0) is 12.8 Å².